The van der Waals surface area contributed by atoms with E-state index >= 15 is 0 Å². The van der Waals surface area contributed by atoms with Crippen molar-refractivity contribution in [2.75, 3.05) is 5.75 Å². The van der Waals surface area contributed by atoms with Crippen molar-refractivity contribution in [2.24, 2.45) is 5.92 Å². The van der Waals surface area contributed by atoms with Gasteiger partial charge in [0.25, 0.3) is 0 Å². The third kappa shape index (κ3) is 6.62. The van der Waals surface area contributed by atoms with Crippen LogP contribution in [0.3, 0.4) is 0 Å². The fourth-order valence-electron chi connectivity index (χ4n) is 0.508. The molecule has 0 N–H and O–H groups in total. The van der Waals surface area contributed by atoms with Gasteiger partial charge in [0.05, 0.1) is 0 Å². The Morgan fingerprint density at radius 3 is 2.60 bits per heavy atom. The van der Waals surface area contributed by atoms with Crippen LogP contribution in [0.25, 0.3) is 0 Å². The van der Waals surface area contributed by atoms with Crippen molar-refractivity contribution < 1.29 is 4.55 Å². The molecule has 0 saturated carbocycles. The maximum atomic E-state index is 10.9. The molecule has 2 radical (unpaired) electrons. The molecule has 0 aromatic carbocycles. The van der Waals surface area contributed by atoms with Crippen LogP contribution in [0, 0.1) is 5.92 Å². The molecule has 0 fully saturated rings. The number of hydrogen-bond donors (Lipinski definition) is 0. The van der Waals surface area contributed by atoms with Crippen molar-refractivity contribution >= 4 is 31.5 Å². The Hall–Kier alpha value is 0.505. The molecular weight excluding hydrogens is 141 g/mol. The SMILES string of the molecule is [B]B=B[S+]([O-])CCC(C)C. The van der Waals surface area contributed by atoms with Gasteiger partial charge in [0, 0.05) is 0 Å². The van der Waals surface area contributed by atoms with Crippen molar-refractivity contribution in [1.82, 2.24) is 0 Å². The van der Waals surface area contributed by atoms with Crippen molar-refractivity contribution in [3.8, 4) is 0 Å². The molecule has 0 aromatic heterocycles. The second kappa shape index (κ2) is 6.23. The Balaban J connectivity index is 3.30. The molecule has 0 heterocycles. The zero-order valence-corrected chi connectivity index (χ0v) is 7.36. The van der Waals surface area contributed by atoms with E-state index in [1.54, 1.807) is 0 Å². The van der Waals surface area contributed by atoms with Crippen molar-refractivity contribution in [3.05, 3.63) is 0 Å². The summed E-state index contributed by atoms with van der Waals surface area (Å²) in [5.41, 5.74) is 0. The van der Waals surface area contributed by atoms with E-state index in [-0.39, 0.29) is 0 Å². The summed E-state index contributed by atoms with van der Waals surface area (Å²) in [4.78, 5) is 0. The summed E-state index contributed by atoms with van der Waals surface area (Å²) in [5, 5.41) is 0. The number of hydrogen-bond acceptors (Lipinski definition) is 1. The van der Waals surface area contributed by atoms with E-state index < -0.39 is 11.0 Å². The Bertz CT molecular complexity index is 107. The van der Waals surface area contributed by atoms with E-state index in [1.165, 1.54) is 12.8 Å². The Morgan fingerprint density at radius 2 is 2.20 bits per heavy atom. The van der Waals surface area contributed by atoms with Gasteiger partial charge in [-0.15, -0.1) is 0 Å². The Labute approximate surface area is 68.5 Å². The zero-order valence-electron chi connectivity index (χ0n) is 6.54. The molecule has 10 heavy (non-hydrogen) atoms. The van der Waals surface area contributed by atoms with Gasteiger partial charge in [-0.1, -0.05) is 0 Å². The number of rotatable bonds is 4. The third-order valence-corrected chi connectivity index (χ3v) is 2.23. The van der Waals surface area contributed by atoms with Crippen molar-refractivity contribution in [3.63, 3.8) is 0 Å². The normalized spacial score (nSPS) is 13.2. The predicted molar refractivity (Wildman–Crippen MR) is 49.7 cm³/mol. The van der Waals surface area contributed by atoms with Crippen LogP contribution in [0.4, 0.5) is 0 Å². The summed E-state index contributed by atoms with van der Waals surface area (Å²) in [6.07, 6.45) is 2.53. The summed E-state index contributed by atoms with van der Waals surface area (Å²) in [7, 11) is 5.06. The molecule has 0 amide bonds. The van der Waals surface area contributed by atoms with Crippen LogP contribution in [-0.2, 0) is 11.0 Å². The molecule has 0 aliphatic heterocycles. The summed E-state index contributed by atoms with van der Waals surface area (Å²) in [6, 6.07) is 0. The molecule has 52 valence electrons. The summed E-state index contributed by atoms with van der Waals surface area (Å²) in [5.74, 6) is 1.35. The molecule has 1 unspecified atom stereocenters. The molecular formula is C5H11B3OS. The summed E-state index contributed by atoms with van der Waals surface area (Å²) < 4.78 is 10.9. The van der Waals surface area contributed by atoms with Gasteiger partial charge < -0.3 is 0 Å². The minimum atomic E-state index is -0.846. The first-order valence-corrected chi connectivity index (χ1v) is 4.80. The molecule has 0 aliphatic rings. The third-order valence-electron chi connectivity index (χ3n) is 1.13. The maximum absolute atomic E-state index is 10.9. The van der Waals surface area contributed by atoms with Gasteiger partial charge in [0.15, 0.2) is 0 Å². The van der Waals surface area contributed by atoms with Gasteiger partial charge in [-0.25, -0.2) is 0 Å². The monoisotopic (exact) mass is 152 g/mol. The van der Waals surface area contributed by atoms with Crippen LogP contribution in [0.5, 0.6) is 0 Å². The fraction of sp³-hybridized carbons (Fsp3) is 1.00. The predicted octanol–water partition coefficient (Wildman–Crippen LogP) is 0.103. The van der Waals surface area contributed by atoms with Gasteiger partial charge in [0.1, 0.15) is 0 Å². The molecule has 0 rings (SSSR count). The van der Waals surface area contributed by atoms with E-state index in [4.69, 9.17) is 7.74 Å². The van der Waals surface area contributed by atoms with Gasteiger partial charge in [0.2, 0.25) is 0 Å². The molecule has 0 saturated heterocycles. The minimum absolute atomic E-state index is 0.620. The molecule has 5 heteroatoms. The molecule has 0 bridgehead atoms. The van der Waals surface area contributed by atoms with Crippen LogP contribution in [0.2, 0.25) is 0 Å². The zero-order chi connectivity index (χ0) is 7.98. The average Bonchev–Trinajstić information content (AvgIpc) is 1.85. The fourth-order valence-corrected chi connectivity index (χ4v) is 1.52. The van der Waals surface area contributed by atoms with Gasteiger partial charge in [-0.05, 0) is 0 Å². The first-order valence-electron chi connectivity index (χ1n) is 3.42. The van der Waals surface area contributed by atoms with Crippen LogP contribution in [0.1, 0.15) is 20.3 Å². The van der Waals surface area contributed by atoms with E-state index in [0.717, 1.165) is 12.2 Å². The van der Waals surface area contributed by atoms with Gasteiger partial charge in [-0.2, -0.15) is 0 Å². The molecule has 1 atom stereocenters. The molecule has 0 spiro atoms. The van der Waals surface area contributed by atoms with E-state index in [1.807, 2.05) is 0 Å². The van der Waals surface area contributed by atoms with E-state index in [2.05, 4.69) is 13.8 Å². The average molecular weight is 152 g/mol. The first kappa shape index (κ1) is 10.5. The Morgan fingerprint density at radius 1 is 1.60 bits per heavy atom. The van der Waals surface area contributed by atoms with Crippen LogP contribution in [-0.4, -0.2) is 30.8 Å². The Kier molecular flexibility index (Phi) is 6.54. The standard InChI is InChI=1S/C5H11B3OS/c1-5(2)3-4-10(9)8-7-6/h5H,3-4H2,1-2H3. The van der Waals surface area contributed by atoms with Gasteiger partial charge in [-0.3, -0.25) is 0 Å². The van der Waals surface area contributed by atoms with Crippen molar-refractivity contribution in [2.45, 2.75) is 20.3 Å². The van der Waals surface area contributed by atoms with E-state index in [0.29, 0.717) is 5.92 Å². The summed E-state index contributed by atoms with van der Waals surface area (Å²) >= 11 is -0.846. The molecule has 0 aliphatic carbocycles. The van der Waals surface area contributed by atoms with Crippen molar-refractivity contribution in [1.29, 1.82) is 0 Å². The van der Waals surface area contributed by atoms with Crippen LogP contribution < -0.4 is 0 Å². The van der Waals surface area contributed by atoms with Crippen LogP contribution >= 0.6 is 0 Å². The van der Waals surface area contributed by atoms with E-state index in [9.17, 15) is 4.55 Å². The quantitative estimate of drug-likeness (QED) is 0.413. The van der Waals surface area contributed by atoms with Gasteiger partial charge >= 0.3 is 68.0 Å². The summed E-state index contributed by atoms with van der Waals surface area (Å²) in [6.45, 7) is 5.57. The van der Waals surface area contributed by atoms with Crippen LogP contribution in [0.15, 0.2) is 0 Å². The topological polar surface area (TPSA) is 23.1 Å². The molecule has 1 nitrogen and oxygen atoms in total. The first-order chi connectivity index (χ1) is 4.66. The second-order valence-corrected chi connectivity index (χ2v) is 4.04. The second-order valence-electron chi connectivity index (χ2n) is 2.60. The molecule has 0 aromatic rings.